The maximum absolute atomic E-state index is 11.6. The lowest BCUT2D eigenvalue weighted by molar-refractivity contribution is -0.125. The van der Waals surface area contributed by atoms with Crippen molar-refractivity contribution in [2.24, 2.45) is 10.7 Å². The first kappa shape index (κ1) is 12.4. The van der Waals surface area contributed by atoms with E-state index in [2.05, 4.69) is 4.99 Å². The normalized spacial score (nSPS) is 21.1. The molecule has 2 aromatic carbocycles. The smallest absolute Gasteiger partial charge is 0.261 e. The summed E-state index contributed by atoms with van der Waals surface area (Å²) in [6, 6.07) is 18.7. The highest BCUT2D eigenvalue weighted by Gasteiger charge is 2.36. The van der Waals surface area contributed by atoms with Gasteiger partial charge in [0.05, 0.1) is 0 Å². The van der Waals surface area contributed by atoms with Crippen molar-refractivity contribution in [2.75, 3.05) is 0 Å². The molecule has 1 heterocycles. The number of rotatable bonds is 3. The molecule has 100 valence electrons. The number of aliphatic imine (C=N–C) groups is 1. The van der Waals surface area contributed by atoms with Crippen molar-refractivity contribution in [1.82, 2.24) is 0 Å². The lowest BCUT2D eigenvalue weighted by Gasteiger charge is -2.14. The van der Waals surface area contributed by atoms with Gasteiger partial charge in [-0.1, -0.05) is 48.5 Å². The molecule has 2 N–H and O–H groups in total. The van der Waals surface area contributed by atoms with Gasteiger partial charge in [0, 0.05) is 5.56 Å². The Morgan fingerprint density at radius 3 is 2.20 bits per heavy atom. The number of carbonyl (C=O) groups is 1. The minimum absolute atomic E-state index is 0.385. The number of carbonyl (C=O) groups excluding carboxylic acids is 1. The van der Waals surface area contributed by atoms with Crippen LogP contribution in [-0.4, -0.2) is 17.9 Å². The molecule has 1 aliphatic rings. The van der Waals surface area contributed by atoms with Crippen LogP contribution >= 0.6 is 0 Å². The molecular weight excluding hydrogens is 252 g/mol. The number of primary amides is 1. The van der Waals surface area contributed by atoms with Crippen molar-refractivity contribution in [3.8, 4) is 0 Å². The molecule has 0 fully saturated rings. The van der Waals surface area contributed by atoms with Crippen LogP contribution in [0.15, 0.2) is 65.7 Å². The third-order valence-corrected chi connectivity index (χ3v) is 3.22. The molecule has 0 radical (unpaired) electrons. The Bertz CT molecular complexity index is 638. The SMILES string of the molecule is NC(=O)[C@H]1OC(c2ccccc2)=N[C@@H]1c1ccccc1. The average molecular weight is 266 g/mol. The summed E-state index contributed by atoms with van der Waals surface area (Å²) in [4.78, 5) is 16.1. The van der Waals surface area contributed by atoms with E-state index >= 15 is 0 Å². The molecule has 3 rings (SSSR count). The quantitative estimate of drug-likeness (QED) is 0.924. The molecule has 1 amide bonds. The standard InChI is InChI=1S/C16H14N2O2/c17-15(19)14-13(11-7-3-1-4-8-11)18-16(20-14)12-9-5-2-6-10-12/h1-10,13-14H,(H2,17,19)/t13-,14+/m1/s1. The summed E-state index contributed by atoms with van der Waals surface area (Å²) in [6.45, 7) is 0. The highest BCUT2D eigenvalue weighted by atomic mass is 16.5. The molecule has 0 saturated carbocycles. The maximum Gasteiger partial charge on any atom is 0.261 e. The number of benzene rings is 2. The minimum atomic E-state index is -0.757. The molecule has 0 aliphatic carbocycles. The Morgan fingerprint density at radius 1 is 1.00 bits per heavy atom. The number of nitrogens with two attached hydrogens (primary N) is 1. The van der Waals surface area contributed by atoms with Crippen LogP contribution in [0, 0.1) is 0 Å². The van der Waals surface area contributed by atoms with Crippen molar-refractivity contribution in [2.45, 2.75) is 12.1 Å². The van der Waals surface area contributed by atoms with E-state index in [9.17, 15) is 4.79 Å². The number of amides is 1. The first-order valence-electron chi connectivity index (χ1n) is 6.40. The molecule has 1 aliphatic heterocycles. The van der Waals surface area contributed by atoms with Crippen molar-refractivity contribution in [3.05, 3.63) is 71.8 Å². The molecule has 0 spiro atoms. The predicted molar refractivity (Wildman–Crippen MR) is 76.2 cm³/mol. The van der Waals surface area contributed by atoms with Crippen molar-refractivity contribution in [1.29, 1.82) is 0 Å². The van der Waals surface area contributed by atoms with Crippen LogP contribution in [0.3, 0.4) is 0 Å². The van der Waals surface area contributed by atoms with E-state index in [0.717, 1.165) is 11.1 Å². The van der Waals surface area contributed by atoms with Gasteiger partial charge in [-0.15, -0.1) is 0 Å². The molecule has 4 heteroatoms. The van der Waals surface area contributed by atoms with Gasteiger partial charge in [0.15, 0.2) is 0 Å². The van der Waals surface area contributed by atoms with Crippen LogP contribution in [0.2, 0.25) is 0 Å². The Kier molecular flexibility index (Phi) is 3.21. The fourth-order valence-electron chi connectivity index (χ4n) is 2.25. The summed E-state index contributed by atoms with van der Waals surface area (Å²) in [5.74, 6) is -0.0446. The van der Waals surface area contributed by atoms with Crippen LogP contribution in [0.5, 0.6) is 0 Å². The van der Waals surface area contributed by atoms with Gasteiger partial charge in [-0.05, 0) is 17.7 Å². The second-order valence-electron chi connectivity index (χ2n) is 4.60. The molecule has 20 heavy (non-hydrogen) atoms. The zero-order valence-electron chi connectivity index (χ0n) is 10.8. The van der Waals surface area contributed by atoms with E-state index in [-0.39, 0.29) is 6.04 Å². The predicted octanol–water partition coefficient (Wildman–Crippen LogP) is 2.06. The summed E-state index contributed by atoms with van der Waals surface area (Å²) in [7, 11) is 0. The molecule has 4 nitrogen and oxygen atoms in total. The monoisotopic (exact) mass is 266 g/mol. The highest BCUT2D eigenvalue weighted by Crippen LogP contribution is 2.30. The van der Waals surface area contributed by atoms with E-state index < -0.39 is 12.0 Å². The average Bonchev–Trinajstić information content (AvgIpc) is 2.94. The first-order valence-corrected chi connectivity index (χ1v) is 6.40. The Hall–Kier alpha value is -2.62. The summed E-state index contributed by atoms with van der Waals surface area (Å²) >= 11 is 0. The van der Waals surface area contributed by atoms with Gasteiger partial charge in [-0.2, -0.15) is 0 Å². The molecule has 0 unspecified atom stereocenters. The Morgan fingerprint density at radius 2 is 1.60 bits per heavy atom. The van der Waals surface area contributed by atoms with Crippen molar-refractivity contribution >= 4 is 11.8 Å². The second-order valence-corrected chi connectivity index (χ2v) is 4.60. The molecule has 0 saturated heterocycles. The first-order chi connectivity index (χ1) is 9.75. The summed E-state index contributed by atoms with van der Waals surface area (Å²) in [5.41, 5.74) is 7.19. The van der Waals surface area contributed by atoms with Crippen LogP contribution < -0.4 is 5.73 Å². The van der Waals surface area contributed by atoms with Gasteiger partial charge >= 0.3 is 0 Å². The lowest BCUT2D eigenvalue weighted by Crippen LogP contribution is -2.33. The fraction of sp³-hybridized carbons (Fsp3) is 0.125. The van der Waals surface area contributed by atoms with Crippen LogP contribution in [0.1, 0.15) is 17.2 Å². The number of nitrogens with zero attached hydrogens (tertiary/aromatic N) is 1. The van der Waals surface area contributed by atoms with Crippen LogP contribution in [0.4, 0.5) is 0 Å². The minimum Gasteiger partial charge on any atom is -0.461 e. The Labute approximate surface area is 116 Å². The van der Waals surface area contributed by atoms with Gasteiger partial charge in [0.1, 0.15) is 6.04 Å². The molecule has 0 aromatic heterocycles. The van der Waals surface area contributed by atoms with E-state index in [1.165, 1.54) is 0 Å². The second kappa shape index (κ2) is 5.17. The van der Waals surface area contributed by atoms with Gasteiger partial charge in [-0.3, -0.25) is 4.79 Å². The van der Waals surface area contributed by atoms with E-state index in [0.29, 0.717) is 5.90 Å². The van der Waals surface area contributed by atoms with Crippen molar-refractivity contribution < 1.29 is 9.53 Å². The summed E-state index contributed by atoms with van der Waals surface area (Å²) in [5, 5.41) is 0. The van der Waals surface area contributed by atoms with Gasteiger partial charge < -0.3 is 10.5 Å². The van der Waals surface area contributed by atoms with Crippen LogP contribution in [-0.2, 0) is 9.53 Å². The maximum atomic E-state index is 11.6. The van der Waals surface area contributed by atoms with E-state index in [1.807, 2.05) is 60.7 Å². The molecular formula is C16H14N2O2. The fourth-order valence-corrected chi connectivity index (χ4v) is 2.25. The summed E-state index contributed by atoms with van der Waals surface area (Å²) in [6.07, 6.45) is -0.757. The van der Waals surface area contributed by atoms with Crippen LogP contribution in [0.25, 0.3) is 0 Å². The third-order valence-electron chi connectivity index (χ3n) is 3.22. The molecule has 0 bridgehead atoms. The van der Waals surface area contributed by atoms with Gasteiger partial charge in [0.2, 0.25) is 12.0 Å². The number of ether oxygens (including phenoxy) is 1. The zero-order chi connectivity index (χ0) is 13.9. The molecule has 2 atom stereocenters. The topological polar surface area (TPSA) is 64.7 Å². The van der Waals surface area contributed by atoms with Gasteiger partial charge in [0.25, 0.3) is 5.91 Å². The van der Waals surface area contributed by atoms with E-state index in [1.54, 1.807) is 0 Å². The third kappa shape index (κ3) is 2.28. The highest BCUT2D eigenvalue weighted by molar-refractivity contribution is 5.98. The number of hydrogen-bond acceptors (Lipinski definition) is 3. The van der Waals surface area contributed by atoms with Gasteiger partial charge in [-0.25, -0.2) is 4.99 Å². The largest absolute Gasteiger partial charge is 0.461 e. The zero-order valence-corrected chi connectivity index (χ0v) is 10.8. The summed E-state index contributed by atoms with van der Waals surface area (Å²) < 4.78 is 5.65. The number of hydrogen-bond donors (Lipinski definition) is 1. The van der Waals surface area contributed by atoms with Crippen molar-refractivity contribution in [3.63, 3.8) is 0 Å². The lowest BCUT2D eigenvalue weighted by atomic mass is 10.0. The van der Waals surface area contributed by atoms with E-state index in [4.69, 9.17) is 10.5 Å². The Balaban J connectivity index is 1.98. The molecule has 2 aromatic rings.